The van der Waals surface area contributed by atoms with E-state index in [1.165, 1.54) is 12.4 Å². The minimum Gasteiger partial charge on any atom is -0.456 e. The zero-order valence-corrected chi connectivity index (χ0v) is 9.39. The van der Waals surface area contributed by atoms with E-state index in [2.05, 4.69) is 10.3 Å². The normalized spacial score (nSPS) is 18.9. The van der Waals surface area contributed by atoms with Crippen molar-refractivity contribution in [3.05, 3.63) is 30.1 Å². The summed E-state index contributed by atoms with van der Waals surface area (Å²) in [5.74, 6) is -0.552. The second-order valence-electron chi connectivity index (χ2n) is 3.92. The van der Waals surface area contributed by atoms with Crippen LogP contribution in [0, 0.1) is 0 Å². The minimum atomic E-state index is -0.343. The van der Waals surface area contributed by atoms with E-state index in [9.17, 15) is 9.59 Å². The molecule has 5 nitrogen and oxygen atoms in total. The van der Waals surface area contributed by atoms with Crippen LogP contribution in [-0.4, -0.2) is 35.9 Å². The Morgan fingerprint density at radius 3 is 2.82 bits per heavy atom. The maximum atomic E-state index is 11.6. The Balaban J connectivity index is 1.82. The van der Waals surface area contributed by atoms with Gasteiger partial charge in [0.1, 0.15) is 6.04 Å². The van der Waals surface area contributed by atoms with Gasteiger partial charge in [0, 0.05) is 18.0 Å². The number of nitrogens with zero attached hydrogens (tertiary/aromatic N) is 1. The van der Waals surface area contributed by atoms with Crippen LogP contribution < -0.4 is 5.32 Å². The van der Waals surface area contributed by atoms with Gasteiger partial charge >= 0.3 is 5.97 Å². The minimum absolute atomic E-state index is 0.207. The molecule has 2 rings (SSSR count). The summed E-state index contributed by atoms with van der Waals surface area (Å²) in [5, 5.41) is 3.02. The highest BCUT2D eigenvalue weighted by atomic mass is 16.5. The average molecular weight is 234 g/mol. The largest absolute Gasteiger partial charge is 0.456 e. The van der Waals surface area contributed by atoms with E-state index in [-0.39, 0.29) is 24.4 Å². The SMILES string of the molecule is O=C(COC(=O)C1CCCN1)c1ccncc1. The van der Waals surface area contributed by atoms with Crippen molar-refractivity contribution < 1.29 is 14.3 Å². The van der Waals surface area contributed by atoms with Gasteiger partial charge in [0.15, 0.2) is 12.4 Å². The Morgan fingerprint density at radius 1 is 1.41 bits per heavy atom. The zero-order chi connectivity index (χ0) is 12.1. The molecule has 1 fully saturated rings. The summed E-state index contributed by atoms with van der Waals surface area (Å²) in [6.07, 6.45) is 4.82. The molecule has 2 heterocycles. The molecule has 1 aromatic heterocycles. The number of pyridine rings is 1. The highest BCUT2D eigenvalue weighted by molar-refractivity contribution is 5.97. The standard InChI is InChI=1S/C12H14N2O3/c15-11(9-3-6-13-7-4-9)8-17-12(16)10-2-1-5-14-10/h3-4,6-7,10,14H,1-2,5,8H2. The topological polar surface area (TPSA) is 68.3 Å². The van der Waals surface area contributed by atoms with Crippen LogP contribution in [-0.2, 0) is 9.53 Å². The summed E-state index contributed by atoms with van der Waals surface area (Å²) in [4.78, 5) is 27.0. The number of aromatic nitrogens is 1. The van der Waals surface area contributed by atoms with Crippen LogP contribution in [0.3, 0.4) is 0 Å². The van der Waals surface area contributed by atoms with Gasteiger partial charge in [0.25, 0.3) is 0 Å². The third-order valence-corrected chi connectivity index (χ3v) is 2.69. The molecular weight excluding hydrogens is 220 g/mol. The lowest BCUT2D eigenvalue weighted by Gasteiger charge is -2.09. The molecule has 0 radical (unpaired) electrons. The monoisotopic (exact) mass is 234 g/mol. The molecule has 1 aliphatic heterocycles. The van der Waals surface area contributed by atoms with Crippen LogP contribution >= 0.6 is 0 Å². The number of hydrogen-bond acceptors (Lipinski definition) is 5. The molecule has 1 N–H and O–H groups in total. The Bertz CT molecular complexity index is 399. The number of ketones is 1. The Morgan fingerprint density at radius 2 is 2.18 bits per heavy atom. The third kappa shape index (κ3) is 3.10. The number of hydrogen-bond donors (Lipinski definition) is 1. The molecule has 0 saturated carbocycles. The van der Waals surface area contributed by atoms with Crippen molar-refractivity contribution >= 4 is 11.8 Å². The van der Waals surface area contributed by atoms with E-state index < -0.39 is 0 Å². The van der Waals surface area contributed by atoms with E-state index in [1.54, 1.807) is 12.1 Å². The summed E-state index contributed by atoms with van der Waals surface area (Å²) in [7, 11) is 0. The molecule has 1 unspecified atom stereocenters. The van der Waals surface area contributed by atoms with E-state index in [4.69, 9.17) is 4.74 Å². The van der Waals surface area contributed by atoms with Crippen molar-refractivity contribution in [1.82, 2.24) is 10.3 Å². The van der Waals surface area contributed by atoms with Gasteiger partial charge in [-0.15, -0.1) is 0 Å². The number of esters is 1. The second kappa shape index (κ2) is 5.54. The molecule has 1 atom stereocenters. The fraction of sp³-hybridized carbons (Fsp3) is 0.417. The number of carbonyl (C=O) groups excluding carboxylic acids is 2. The van der Waals surface area contributed by atoms with Gasteiger partial charge in [0.05, 0.1) is 0 Å². The van der Waals surface area contributed by atoms with Crippen LogP contribution in [0.4, 0.5) is 0 Å². The number of carbonyl (C=O) groups is 2. The first-order valence-corrected chi connectivity index (χ1v) is 5.60. The predicted molar refractivity (Wildman–Crippen MR) is 60.6 cm³/mol. The number of rotatable bonds is 4. The van der Waals surface area contributed by atoms with Gasteiger partial charge in [-0.3, -0.25) is 14.6 Å². The molecule has 90 valence electrons. The Hall–Kier alpha value is -1.75. The zero-order valence-electron chi connectivity index (χ0n) is 9.39. The van der Waals surface area contributed by atoms with Gasteiger partial charge in [-0.25, -0.2) is 0 Å². The maximum absolute atomic E-state index is 11.6. The van der Waals surface area contributed by atoms with Gasteiger partial charge in [-0.2, -0.15) is 0 Å². The smallest absolute Gasteiger partial charge is 0.323 e. The van der Waals surface area contributed by atoms with Crippen molar-refractivity contribution in [3.8, 4) is 0 Å². The van der Waals surface area contributed by atoms with Crippen LogP contribution in [0.2, 0.25) is 0 Å². The van der Waals surface area contributed by atoms with Crippen molar-refractivity contribution in [2.24, 2.45) is 0 Å². The molecular formula is C12H14N2O3. The first kappa shape index (κ1) is 11.7. The Kier molecular flexibility index (Phi) is 3.82. The Labute approximate surface area is 99.2 Å². The third-order valence-electron chi connectivity index (χ3n) is 2.69. The average Bonchev–Trinajstić information content (AvgIpc) is 2.90. The van der Waals surface area contributed by atoms with Crippen molar-refractivity contribution in [2.75, 3.05) is 13.2 Å². The van der Waals surface area contributed by atoms with Crippen LogP contribution in [0.5, 0.6) is 0 Å². The molecule has 0 amide bonds. The van der Waals surface area contributed by atoms with E-state index in [1.807, 2.05) is 0 Å². The van der Waals surface area contributed by atoms with Crippen molar-refractivity contribution in [2.45, 2.75) is 18.9 Å². The van der Waals surface area contributed by atoms with Crippen LogP contribution in [0.25, 0.3) is 0 Å². The van der Waals surface area contributed by atoms with Gasteiger partial charge in [-0.05, 0) is 31.5 Å². The fourth-order valence-electron chi connectivity index (χ4n) is 1.74. The van der Waals surface area contributed by atoms with E-state index >= 15 is 0 Å². The second-order valence-corrected chi connectivity index (χ2v) is 3.92. The van der Waals surface area contributed by atoms with Crippen molar-refractivity contribution in [1.29, 1.82) is 0 Å². The maximum Gasteiger partial charge on any atom is 0.323 e. The first-order valence-electron chi connectivity index (χ1n) is 5.60. The molecule has 0 aliphatic carbocycles. The van der Waals surface area contributed by atoms with Gasteiger partial charge in [0.2, 0.25) is 0 Å². The van der Waals surface area contributed by atoms with Crippen LogP contribution in [0.1, 0.15) is 23.2 Å². The molecule has 1 saturated heterocycles. The van der Waals surface area contributed by atoms with Crippen molar-refractivity contribution in [3.63, 3.8) is 0 Å². The molecule has 0 spiro atoms. The molecule has 0 aromatic carbocycles. The summed E-state index contributed by atoms with van der Waals surface area (Å²) in [5.41, 5.74) is 0.507. The first-order chi connectivity index (χ1) is 8.27. The summed E-state index contributed by atoms with van der Waals surface area (Å²) >= 11 is 0. The molecule has 5 heteroatoms. The van der Waals surface area contributed by atoms with E-state index in [0.717, 1.165) is 19.4 Å². The number of nitrogens with one attached hydrogen (secondary N) is 1. The van der Waals surface area contributed by atoms with Crippen LogP contribution in [0.15, 0.2) is 24.5 Å². The summed E-state index contributed by atoms with van der Waals surface area (Å²) in [6.45, 7) is 0.624. The lowest BCUT2D eigenvalue weighted by Crippen LogP contribution is -2.33. The van der Waals surface area contributed by atoms with Gasteiger partial charge in [-0.1, -0.05) is 0 Å². The number of ether oxygens (including phenoxy) is 1. The lowest BCUT2D eigenvalue weighted by atomic mass is 10.2. The molecule has 0 bridgehead atoms. The van der Waals surface area contributed by atoms with E-state index in [0.29, 0.717) is 5.56 Å². The fourth-order valence-corrected chi connectivity index (χ4v) is 1.74. The summed E-state index contributed by atoms with van der Waals surface area (Å²) in [6, 6.07) is 2.95. The highest BCUT2D eigenvalue weighted by Gasteiger charge is 2.24. The molecule has 17 heavy (non-hydrogen) atoms. The molecule has 1 aliphatic rings. The molecule has 1 aromatic rings. The predicted octanol–water partition coefficient (Wildman–Crippen LogP) is 0.559. The van der Waals surface area contributed by atoms with Gasteiger partial charge < -0.3 is 10.1 Å². The number of Topliss-reactive ketones (excluding diaryl/α,β-unsaturated/α-hetero) is 1. The summed E-state index contributed by atoms with van der Waals surface area (Å²) < 4.78 is 4.97. The lowest BCUT2D eigenvalue weighted by molar-refractivity contribution is -0.144. The highest BCUT2D eigenvalue weighted by Crippen LogP contribution is 2.07. The quantitative estimate of drug-likeness (QED) is 0.609.